The first-order valence-electron chi connectivity index (χ1n) is 5.49. The number of nitrogens with one attached hydrogen (secondary N) is 1. The molecule has 80 valence electrons. The third-order valence-electron chi connectivity index (χ3n) is 2.78. The van der Waals surface area contributed by atoms with Crippen molar-refractivity contribution in [3.05, 3.63) is 30.0 Å². The Labute approximate surface area is 90.3 Å². The molecule has 2 rings (SSSR count). The van der Waals surface area contributed by atoms with E-state index in [1.54, 1.807) is 7.11 Å². The molecular weight excluding hydrogens is 186 g/mol. The highest BCUT2D eigenvalue weighted by Crippen LogP contribution is 2.27. The molecule has 2 heteroatoms. The lowest BCUT2D eigenvalue weighted by molar-refractivity contribution is 0.419. The van der Waals surface area contributed by atoms with Gasteiger partial charge in [-0.3, -0.25) is 0 Å². The van der Waals surface area contributed by atoms with Crippen molar-refractivity contribution in [2.45, 2.75) is 26.2 Å². The Balaban J connectivity index is 2.42. The van der Waals surface area contributed by atoms with Crippen LogP contribution < -0.4 is 4.74 Å². The average Bonchev–Trinajstić information content (AvgIpc) is 2.69. The van der Waals surface area contributed by atoms with E-state index in [1.807, 2.05) is 12.1 Å². The van der Waals surface area contributed by atoms with Crippen molar-refractivity contribution in [3.63, 3.8) is 0 Å². The third-order valence-corrected chi connectivity index (χ3v) is 2.78. The van der Waals surface area contributed by atoms with Gasteiger partial charge in [-0.25, -0.2) is 0 Å². The molecule has 0 saturated heterocycles. The van der Waals surface area contributed by atoms with Crippen molar-refractivity contribution in [2.75, 3.05) is 7.11 Å². The molecule has 15 heavy (non-hydrogen) atoms. The summed E-state index contributed by atoms with van der Waals surface area (Å²) < 4.78 is 5.31. The van der Waals surface area contributed by atoms with E-state index in [-0.39, 0.29) is 0 Å². The standard InChI is InChI=1S/C13H17NO/c1-3-4-6-10-9-14-13-11(10)7-5-8-12(13)15-2/h5,7-9,14H,3-4,6H2,1-2H3. The predicted molar refractivity (Wildman–Crippen MR) is 63.5 cm³/mol. The van der Waals surface area contributed by atoms with E-state index in [4.69, 9.17) is 4.74 Å². The first-order valence-corrected chi connectivity index (χ1v) is 5.49. The molecule has 1 N–H and O–H groups in total. The van der Waals surface area contributed by atoms with Gasteiger partial charge in [0.15, 0.2) is 0 Å². The van der Waals surface area contributed by atoms with Gasteiger partial charge in [0.2, 0.25) is 0 Å². The number of benzene rings is 1. The van der Waals surface area contributed by atoms with Crippen molar-refractivity contribution in [1.82, 2.24) is 4.98 Å². The lowest BCUT2D eigenvalue weighted by atomic mass is 10.1. The Kier molecular flexibility index (Phi) is 2.95. The summed E-state index contributed by atoms with van der Waals surface area (Å²) in [4.78, 5) is 3.29. The van der Waals surface area contributed by atoms with Crippen molar-refractivity contribution in [2.24, 2.45) is 0 Å². The van der Waals surface area contributed by atoms with Gasteiger partial charge < -0.3 is 9.72 Å². The largest absolute Gasteiger partial charge is 0.495 e. The quantitative estimate of drug-likeness (QED) is 0.808. The molecule has 0 bridgehead atoms. The number of hydrogen-bond acceptors (Lipinski definition) is 1. The van der Waals surface area contributed by atoms with E-state index in [1.165, 1.54) is 23.8 Å². The van der Waals surface area contributed by atoms with Crippen LogP contribution in [0.2, 0.25) is 0 Å². The first-order chi connectivity index (χ1) is 7.36. The van der Waals surface area contributed by atoms with Crippen LogP contribution in [-0.4, -0.2) is 12.1 Å². The van der Waals surface area contributed by atoms with Gasteiger partial charge in [-0.05, 0) is 24.5 Å². The molecule has 1 aromatic carbocycles. The fourth-order valence-electron chi connectivity index (χ4n) is 1.93. The number of fused-ring (bicyclic) bond motifs is 1. The minimum absolute atomic E-state index is 0.926. The molecule has 0 aliphatic carbocycles. The summed E-state index contributed by atoms with van der Waals surface area (Å²) in [6.07, 6.45) is 5.72. The van der Waals surface area contributed by atoms with Gasteiger partial charge in [0, 0.05) is 11.6 Å². The summed E-state index contributed by atoms with van der Waals surface area (Å²) in [5, 5.41) is 1.29. The summed E-state index contributed by atoms with van der Waals surface area (Å²) in [6, 6.07) is 6.19. The zero-order valence-electron chi connectivity index (χ0n) is 9.34. The van der Waals surface area contributed by atoms with Gasteiger partial charge in [-0.2, -0.15) is 0 Å². The maximum absolute atomic E-state index is 5.31. The summed E-state index contributed by atoms with van der Waals surface area (Å²) in [5.41, 5.74) is 2.51. The maximum atomic E-state index is 5.31. The molecule has 0 saturated carbocycles. The number of aryl methyl sites for hydroxylation is 1. The average molecular weight is 203 g/mol. The van der Waals surface area contributed by atoms with E-state index < -0.39 is 0 Å². The van der Waals surface area contributed by atoms with E-state index in [0.29, 0.717) is 0 Å². The zero-order valence-corrected chi connectivity index (χ0v) is 9.34. The first kappa shape index (κ1) is 10.1. The van der Waals surface area contributed by atoms with E-state index >= 15 is 0 Å². The minimum Gasteiger partial charge on any atom is -0.495 e. The van der Waals surface area contributed by atoms with Crippen molar-refractivity contribution in [3.8, 4) is 5.75 Å². The number of aromatic amines is 1. The lowest BCUT2D eigenvalue weighted by Gasteiger charge is -2.01. The molecule has 0 unspecified atom stereocenters. The second-order valence-electron chi connectivity index (χ2n) is 3.80. The number of rotatable bonds is 4. The van der Waals surface area contributed by atoms with E-state index in [2.05, 4.69) is 24.2 Å². The number of unbranched alkanes of at least 4 members (excludes halogenated alkanes) is 1. The van der Waals surface area contributed by atoms with Crippen molar-refractivity contribution >= 4 is 10.9 Å². The zero-order chi connectivity index (χ0) is 10.7. The van der Waals surface area contributed by atoms with Gasteiger partial charge >= 0.3 is 0 Å². The molecule has 0 spiro atoms. The lowest BCUT2D eigenvalue weighted by Crippen LogP contribution is -1.84. The Morgan fingerprint density at radius 3 is 2.93 bits per heavy atom. The molecule has 0 aliphatic rings. The molecule has 2 nitrogen and oxygen atoms in total. The second kappa shape index (κ2) is 4.39. The highest BCUT2D eigenvalue weighted by Gasteiger charge is 2.06. The third kappa shape index (κ3) is 1.84. The molecule has 0 radical (unpaired) electrons. The number of aromatic nitrogens is 1. The molecule has 0 fully saturated rings. The second-order valence-corrected chi connectivity index (χ2v) is 3.80. The fourth-order valence-corrected chi connectivity index (χ4v) is 1.93. The Morgan fingerprint density at radius 1 is 1.33 bits per heavy atom. The number of para-hydroxylation sites is 1. The fraction of sp³-hybridized carbons (Fsp3) is 0.385. The van der Waals surface area contributed by atoms with Crippen LogP contribution in [0.3, 0.4) is 0 Å². The van der Waals surface area contributed by atoms with Gasteiger partial charge in [0.1, 0.15) is 5.75 Å². The highest BCUT2D eigenvalue weighted by molar-refractivity contribution is 5.88. The van der Waals surface area contributed by atoms with Crippen molar-refractivity contribution in [1.29, 1.82) is 0 Å². The van der Waals surface area contributed by atoms with Gasteiger partial charge in [-0.15, -0.1) is 0 Å². The minimum atomic E-state index is 0.926. The SMILES string of the molecule is CCCCc1c[nH]c2c(OC)cccc12. The van der Waals surface area contributed by atoms with Crippen LogP contribution in [0, 0.1) is 0 Å². The predicted octanol–water partition coefficient (Wildman–Crippen LogP) is 3.52. The molecule has 1 aromatic heterocycles. The van der Waals surface area contributed by atoms with Crippen molar-refractivity contribution < 1.29 is 4.74 Å². The number of ether oxygens (including phenoxy) is 1. The molecule has 0 aliphatic heterocycles. The van der Waals surface area contributed by atoms with E-state index in [9.17, 15) is 0 Å². The van der Waals surface area contributed by atoms with E-state index in [0.717, 1.165) is 17.7 Å². The molecule has 2 aromatic rings. The summed E-state index contributed by atoms with van der Waals surface area (Å²) in [5.74, 6) is 0.926. The Morgan fingerprint density at radius 2 is 2.20 bits per heavy atom. The molecular formula is C13H17NO. The van der Waals surface area contributed by atoms with Crippen LogP contribution in [-0.2, 0) is 6.42 Å². The van der Waals surface area contributed by atoms with Crippen LogP contribution in [0.5, 0.6) is 5.75 Å². The topological polar surface area (TPSA) is 25.0 Å². The van der Waals surface area contributed by atoms with Crippen LogP contribution in [0.4, 0.5) is 0 Å². The summed E-state index contributed by atoms with van der Waals surface area (Å²) in [6.45, 7) is 2.22. The highest BCUT2D eigenvalue weighted by atomic mass is 16.5. The molecule has 0 atom stereocenters. The molecule has 0 amide bonds. The number of hydrogen-bond donors (Lipinski definition) is 1. The normalized spacial score (nSPS) is 10.8. The van der Waals surface area contributed by atoms with Gasteiger partial charge in [-0.1, -0.05) is 25.5 Å². The van der Waals surface area contributed by atoms with Crippen LogP contribution in [0.25, 0.3) is 10.9 Å². The summed E-state index contributed by atoms with van der Waals surface area (Å²) >= 11 is 0. The number of H-pyrrole nitrogens is 1. The number of methoxy groups -OCH3 is 1. The smallest absolute Gasteiger partial charge is 0.142 e. The van der Waals surface area contributed by atoms with Crippen LogP contribution >= 0.6 is 0 Å². The Bertz CT molecular complexity index is 445. The van der Waals surface area contributed by atoms with Gasteiger partial charge in [0.25, 0.3) is 0 Å². The van der Waals surface area contributed by atoms with Gasteiger partial charge in [0.05, 0.1) is 12.6 Å². The van der Waals surface area contributed by atoms with Crippen LogP contribution in [0.1, 0.15) is 25.3 Å². The van der Waals surface area contributed by atoms with Crippen LogP contribution in [0.15, 0.2) is 24.4 Å². The monoisotopic (exact) mass is 203 g/mol. The summed E-state index contributed by atoms with van der Waals surface area (Å²) in [7, 11) is 1.71. The Hall–Kier alpha value is -1.44. The maximum Gasteiger partial charge on any atom is 0.142 e. The molecule has 1 heterocycles.